The van der Waals surface area contributed by atoms with Crippen LogP contribution in [0, 0.1) is 5.92 Å². The lowest BCUT2D eigenvalue weighted by Crippen LogP contribution is -2.64. The zero-order chi connectivity index (χ0) is 66.9. The molecule has 0 saturated carbocycles. The van der Waals surface area contributed by atoms with Crippen LogP contribution >= 0.6 is 0 Å². The average Bonchev–Trinajstić information content (AvgIpc) is 2.13. The number of ether oxygens (including phenoxy) is 1. The van der Waals surface area contributed by atoms with Crippen molar-refractivity contribution in [1.29, 1.82) is 0 Å². The highest BCUT2D eigenvalue weighted by Crippen LogP contribution is 2.30. The molecular weight excluding hydrogens is 1190 g/mol. The van der Waals surface area contributed by atoms with Crippen LogP contribution in [0.3, 0.4) is 0 Å². The molecule has 5 heterocycles. The molecule has 0 spiro atoms. The van der Waals surface area contributed by atoms with E-state index in [1.807, 2.05) is 0 Å². The summed E-state index contributed by atoms with van der Waals surface area (Å²) in [5.41, 5.74) is 7.01. The smallest absolute Gasteiger partial charge is 0.331 e. The van der Waals surface area contributed by atoms with Crippen molar-refractivity contribution in [2.75, 3.05) is 26.2 Å². The number of hydrogen-bond donors (Lipinski definition) is 17. The number of carboxylic acid groups (broad SMARTS) is 1. The third kappa shape index (κ3) is 16.2. The van der Waals surface area contributed by atoms with Crippen molar-refractivity contribution in [1.82, 2.24) is 62.3 Å². The highest BCUT2D eigenvalue weighted by atomic mass is 16.5. The fraction of sp³-hybridized carbons (Fsp3) is 0.492. The summed E-state index contributed by atoms with van der Waals surface area (Å²) in [5, 5.41) is 85.0. The largest absolute Gasteiger partial charge is 0.480 e. The number of hydrogen-bond acceptors (Lipinski definition) is 19. The van der Waals surface area contributed by atoms with Gasteiger partial charge in [-0.25, -0.2) is 4.79 Å². The van der Waals surface area contributed by atoms with Gasteiger partial charge < -0.3 is 103 Å². The maximum absolute atomic E-state index is 15.3. The summed E-state index contributed by atoms with van der Waals surface area (Å²) in [6.07, 6.45) is -5.75. The van der Waals surface area contributed by atoms with Gasteiger partial charge in [0.1, 0.15) is 60.1 Å². The summed E-state index contributed by atoms with van der Waals surface area (Å²) in [6, 6.07) is -2.95. The van der Waals surface area contributed by atoms with Crippen LogP contribution < -0.4 is 48.3 Å². The first-order valence-electron chi connectivity index (χ1n) is 29.4. The maximum atomic E-state index is 15.3. The third-order valence-electron chi connectivity index (χ3n) is 16.2. The van der Waals surface area contributed by atoms with Crippen molar-refractivity contribution in [3.63, 3.8) is 0 Å². The Morgan fingerprint density at radius 3 is 1.97 bits per heavy atom. The van der Waals surface area contributed by atoms with Crippen molar-refractivity contribution < 1.29 is 92.9 Å². The Hall–Kier alpha value is -9.34. The monoisotopic (exact) mass is 1270 g/mol. The van der Waals surface area contributed by atoms with E-state index in [9.17, 15) is 73.8 Å². The summed E-state index contributed by atoms with van der Waals surface area (Å²) in [5.74, 6) is -16.5. The topological polar surface area (TPSA) is 496 Å². The van der Waals surface area contributed by atoms with E-state index in [2.05, 4.69) is 52.5 Å². The number of carboxylic acids is 1. The van der Waals surface area contributed by atoms with Crippen LogP contribution in [-0.2, 0) is 62.3 Å². The van der Waals surface area contributed by atoms with Gasteiger partial charge in [0, 0.05) is 58.8 Å². The van der Waals surface area contributed by atoms with E-state index in [-0.39, 0.29) is 19.4 Å². The Kier molecular flexibility index (Phi) is 22.8. The Labute approximate surface area is 519 Å². The number of nitrogens with one attached hydrogen (secondary N) is 10. The highest BCUT2D eigenvalue weighted by Gasteiger charge is 2.49. The van der Waals surface area contributed by atoms with E-state index in [1.165, 1.54) is 26.1 Å². The van der Waals surface area contributed by atoms with Crippen LogP contribution in [0.25, 0.3) is 27.9 Å². The van der Waals surface area contributed by atoms with E-state index < -0.39 is 200 Å². The van der Waals surface area contributed by atoms with E-state index in [1.54, 1.807) is 61.7 Å². The minimum atomic E-state index is -2.19. The highest BCUT2D eigenvalue weighted by molar-refractivity contribution is 6.07. The Bertz CT molecular complexity index is 3460. The number of nitrogens with zero attached hydrogens (tertiary/aromatic N) is 2. The Balaban J connectivity index is 1.31. The molecule has 32 nitrogen and oxygen atoms in total. The molecule has 3 aliphatic rings. The van der Waals surface area contributed by atoms with Crippen molar-refractivity contribution >= 4 is 98.9 Å². The Morgan fingerprint density at radius 1 is 0.736 bits per heavy atom. The number of benzene rings is 2. The quantitative estimate of drug-likeness (QED) is 0.0440. The normalized spacial score (nSPS) is 27.0. The number of aliphatic hydroxyl groups is 5. The summed E-state index contributed by atoms with van der Waals surface area (Å²) in [6.45, 7) is 5.13. The number of aromatic amines is 2. The molecule has 4 aromatic rings. The maximum Gasteiger partial charge on any atom is 0.331 e. The van der Waals surface area contributed by atoms with E-state index >= 15 is 14.4 Å². The molecule has 3 aliphatic heterocycles. The van der Waals surface area contributed by atoms with Gasteiger partial charge in [0.2, 0.25) is 53.2 Å². The third-order valence-corrected chi connectivity index (χ3v) is 16.2. The standard InChI is InChI=1S/C59H77N13O19/c1-25(2)49(79)46-57(87)72-18-16-40(76)48(72)59(90)91-29(6)45(69-52(82)38(24-73)65-41(77)20-34(60)58(88)89)55(85)68-44(28(5)74)54(84)64-27(4)50(80)63-23-42(78)71-17-15-39(75)47(71)56(86)66-37(19-30-21-61-35-13-9-7-11-31(30)35)51(81)67-43(53(83)70-46)26(3)33-22-62-36-14-10-8-12-32(33)36/h7-14,19,21-22,25-29,34,38-40,43-49,61-62,73-76,79H,15-18,20,23-24,60H2,1-6H3,(H,63,80)(H,64,84)(H,65,77)(H,66,86)(H,67,81)(H,68,85)(H,69,82)(H,70,83)(H,88,89)/b37-19-/t26-,27+,28+,29-,34+,38+,39+,40-,43?,44?,45+,46+,47+,48+,49+/m0/s1. The lowest BCUT2D eigenvalue weighted by molar-refractivity contribution is -0.164. The van der Waals surface area contributed by atoms with Crippen molar-refractivity contribution in [2.45, 2.75) is 152 Å². The number of rotatable bonds is 13. The van der Waals surface area contributed by atoms with Crippen LogP contribution in [0.2, 0.25) is 0 Å². The van der Waals surface area contributed by atoms with E-state index in [0.29, 0.717) is 32.9 Å². The second kappa shape index (κ2) is 30.0. The molecule has 3 fully saturated rings. The van der Waals surface area contributed by atoms with Crippen LogP contribution in [0.1, 0.15) is 77.8 Å². The zero-order valence-corrected chi connectivity index (χ0v) is 50.5. The van der Waals surface area contributed by atoms with Gasteiger partial charge in [-0.15, -0.1) is 0 Å². The van der Waals surface area contributed by atoms with Gasteiger partial charge in [-0.3, -0.25) is 52.7 Å². The first kappa shape index (κ1) is 69.1. The summed E-state index contributed by atoms with van der Waals surface area (Å²) >= 11 is 0. The first-order valence-corrected chi connectivity index (χ1v) is 29.4. The number of carbonyl (C=O) groups excluding carboxylic acids is 11. The number of para-hydroxylation sites is 2. The van der Waals surface area contributed by atoms with Crippen LogP contribution in [-0.4, -0.2) is 233 Å². The summed E-state index contributed by atoms with van der Waals surface area (Å²) in [7, 11) is 0. The molecule has 32 heteroatoms. The number of amides is 10. The second-order valence-electron chi connectivity index (χ2n) is 23.1. The van der Waals surface area contributed by atoms with Gasteiger partial charge in [0.05, 0.1) is 44.0 Å². The number of aliphatic hydroxyl groups excluding tert-OH is 5. The molecular formula is C59H77N13O19. The molecule has 492 valence electrons. The molecule has 15 atom stereocenters. The lowest BCUT2D eigenvalue weighted by atomic mass is 9.91. The molecule has 2 aromatic heterocycles. The SMILES string of the molecule is CC(C)[C@@H](O)[C@H]1NC(=O)C([C@@H](C)c2c[nH]c3ccccc23)NC(=O)/C(=C/c2c[nH]c3ccccc23)NC(=O)[C@H]2[C@H](O)CCN2C(=O)CNC(=O)[C@@H](C)NC(=O)C([C@@H](C)O)NC(=O)[C@H](NC(=O)[C@@H](CO)NC(=O)C[C@@H](N)C(=O)O)[C@H](C)OC(=O)[C@H]2[C@@H](O)CCN2C1=O. The van der Waals surface area contributed by atoms with Gasteiger partial charge >= 0.3 is 11.9 Å². The van der Waals surface area contributed by atoms with Crippen molar-refractivity contribution in [2.24, 2.45) is 11.7 Å². The number of cyclic esters (lactones) is 1. The summed E-state index contributed by atoms with van der Waals surface area (Å²) in [4.78, 5) is 176. The van der Waals surface area contributed by atoms with Crippen molar-refractivity contribution in [3.05, 3.63) is 77.7 Å². The van der Waals surface area contributed by atoms with E-state index in [4.69, 9.17) is 10.5 Å². The van der Waals surface area contributed by atoms with Gasteiger partial charge in [-0.05, 0) is 63.3 Å². The van der Waals surface area contributed by atoms with Gasteiger partial charge in [0.15, 0.2) is 6.04 Å². The van der Waals surface area contributed by atoms with Crippen LogP contribution in [0.15, 0.2) is 66.6 Å². The average molecular weight is 1270 g/mol. The van der Waals surface area contributed by atoms with E-state index in [0.717, 1.165) is 30.6 Å². The van der Waals surface area contributed by atoms with Crippen LogP contribution in [0.5, 0.6) is 0 Å². The molecule has 7 rings (SSSR count). The molecule has 91 heavy (non-hydrogen) atoms. The number of aromatic nitrogens is 2. The van der Waals surface area contributed by atoms with Gasteiger partial charge in [0.25, 0.3) is 5.91 Å². The van der Waals surface area contributed by atoms with Gasteiger partial charge in [-0.2, -0.15) is 0 Å². The molecule has 3 saturated heterocycles. The number of H-pyrrole nitrogens is 2. The van der Waals surface area contributed by atoms with Gasteiger partial charge in [-0.1, -0.05) is 57.2 Å². The minimum absolute atomic E-state index is 0.153. The minimum Gasteiger partial charge on any atom is -0.480 e. The second-order valence-corrected chi connectivity index (χ2v) is 23.1. The molecule has 10 amide bonds. The van der Waals surface area contributed by atoms with Crippen molar-refractivity contribution in [3.8, 4) is 0 Å². The fourth-order valence-corrected chi connectivity index (χ4v) is 10.9. The number of esters is 1. The number of aliphatic carboxylic acids is 1. The Morgan fingerprint density at radius 2 is 1.33 bits per heavy atom. The molecule has 18 N–H and O–H groups in total. The first-order chi connectivity index (χ1) is 43.0. The predicted octanol–water partition coefficient (Wildman–Crippen LogP) is -4.98. The molecule has 0 radical (unpaired) electrons. The molecule has 0 aliphatic carbocycles. The van der Waals surface area contributed by atoms with Crippen LogP contribution in [0.4, 0.5) is 0 Å². The predicted molar refractivity (Wildman–Crippen MR) is 319 cm³/mol. The lowest BCUT2D eigenvalue weighted by Gasteiger charge is -2.35. The molecule has 0 bridgehead atoms. The zero-order valence-electron chi connectivity index (χ0n) is 50.5. The molecule has 2 aromatic carbocycles. The number of carbonyl (C=O) groups is 12. The number of nitrogens with two attached hydrogens (primary N) is 1. The summed E-state index contributed by atoms with van der Waals surface area (Å²) < 4.78 is 5.70. The molecule has 2 unspecified atom stereocenters. The number of fused-ring (bicyclic) bond motifs is 4. The fourth-order valence-electron chi connectivity index (χ4n) is 10.9.